The smallest absolute Gasteiger partial charge is 0.263 e. The SMILES string of the molecule is O=S1(=O)NC(=NCCc2ccccc2)c2ccccc21. The number of benzene rings is 2. The van der Waals surface area contributed by atoms with Gasteiger partial charge in [0.05, 0.1) is 4.90 Å². The number of rotatable bonds is 3. The van der Waals surface area contributed by atoms with Gasteiger partial charge in [0.1, 0.15) is 5.84 Å². The van der Waals surface area contributed by atoms with Crippen molar-refractivity contribution in [1.82, 2.24) is 4.72 Å². The summed E-state index contributed by atoms with van der Waals surface area (Å²) >= 11 is 0. The fourth-order valence-electron chi connectivity index (χ4n) is 2.19. The van der Waals surface area contributed by atoms with Gasteiger partial charge in [-0.2, -0.15) is 0 Å². The summed E-state index contributed by atoms with van der Waals surface area (Å²) in [6.07, 6.45) is 0.786. The second-order valence-electron chi connectivity index (χ2n) is 4.57. The van der Waals surface area contributed by atoms with Crippen LogP contribution in [0.5, 0.6) is 0 Å². The standard InChI is InChI=1S/C15H14N2O2S/c18-20(19)14-9-5-4-8-13(14)15(17-20)16-11-10-12-6-2-1-3-7-12/h1-9H,10-11H2,(H,16,17). The third-order valence-corrected chi connectivity index (χ3v) is 4.57. The zero-order valence-corrected chi connectivity index (χ0v) is 11.6. The summed E-state index contributed by atoms with van der Waals surface area (Å²) in [5, 5.41) is 0. The minimum atomic E-state index is -3.43. The third-order valence-electron chi connectivity index (χ3n) is 3.18. The molecule has 0 radical (unpaired) electrons. The molecule has 1 N–H and O–H groups in total. The fraction of sp³-hybridized carbons (Fsp3) is 0.133. The van der Waals surface area contributed by atoms with Gasteiger partial charge in [-0.1, -0.05) is 42.5 Å². The molecule has 3 rings (SSSR count). The maximum Gasteiger partial charge on any atom is 0.263 e. The van der Waals surface area contributed by atoms with Gasteiger partial charge in [-0.25, -0.2) is 8.42 Å². The van der Waals surface area contributed by atoms with E-state index in [9.17, 15) is 8.42 Å². The topological polar surface area (TPSA) is 58.5 Å². The molecular weight excluding hydrogens is 272 g/mol. The van der Waals surface area contributed by atoms with Gasteiger partial charge in [-0.3, -0.25) is 9.71 Å². The maximum atomic E-state index is 11.9. The van der Waals surface area contributed by atoms with E-state index in [-0.39, 0.29) is 0 Å². The minimum absolute atomic E-state index is 0.304. The lowest BCUT2D eigenvalue weighted by atomic mass is 10.1. The first-order valence-electron chi connectivity index (χ1n) is 6.37. The highest BCUT2D eigenvalue weighted by Crippen LogP contribution is 2.22. The van der Waals surface area contributed by atoms with Crippen LogP contribution in [0.4, 0.5) is 0 Å². The van der Waals surface area contributed by atoms with Gasteiger partial charge in [0.15, 0.2) is 0 Å². The first-order chi connectivity index (χ1) is 9.67. The first-order valence-corrected chi connectivity index (χ1v) is 7.86. The molecule has 0 atom stereocenters. The number of hydrogen-bond acceptors (Lipinski definition) is 3. The predicted molar refractivity (Wildman–Crippen MR) is 78.3 cm³/mol. The molecular formula is C15H14N2O2S. The van der Waals surface area contributed by atoms with Crippen LogP contribution in [0.1, 0.15) is 11.1 Å². The molecule has 0 aromatic heterocycles. The zero-order valence-electron chi connectivity index (χ0n) is 10.8. The van der Waals surface area contributed by atoms with Gasteiger partial charge < -0.3 is 0 Å². The van der Waals surface area contributed by atoms with Crippen molar-refractivity contribution in [3.8, 4) is 0 Å². The van der Waals surface area contributed by atoms with Crippen LogP contribution in [0.25, 0.3) is 0 Å². The maximum absolute atomic E-state index is 11.9. The lowest BCUT2D eigenvalue weighted by molar-refractivity contribution is 0.595. The molecule has 0 saturated carbocycles. The van der Waals surface area contributed by atoms with E-state index in [2.05, 4.69) is 9.71 Å². The van der Waals surface area contributed by atoms with Crippen LogP contribution in [0.2, 0.25) is 0 Å². The zero-order chi connectivity index (χ0) is 14.0. The molecule has 1 aliphatic heterocycles. The van der Waals surface area contributed by atoms with Crippen molar-refractivity contribution >= 4 is 15.9 Å². The van der Waals surface area contributed by atoms with E-state index >= 15 is 0 Å². The summed E-state index contributed by atoms with van der Waals surface area (Å²) in [7, 11) is -3.43. The average molecular weight is 286 g/mol. The summed E-state index contributed by atoms with van der Waals surface area (Å²) in [6.45, 7) is 0.552. The molecule has 102 valence electrons. The fourth-order valence-corrected chi connectivity index (χ4v) is 3.44. The van der Waals surface area contributed by atoms with Crippen LogP contribution < -0.4 is 4.72 Å². The van der Waals surface area contributed by atoms with Crippen molar-refractivity contribution in [1.29, 1.82) is 0 Å². The molecule has 0 unspecified atom stereocenters. The van der Waals surface area contributed by atoms with E-state index in [0.717, 1.165) is 6.42 Å². The summed E-state index contributed by atoms with van der Waals surface area (Å²) < 4.78 is 26.3. The summed E-state index contributed by atoms with van der Waals surface area (Å²) in [5.74, 6) is 0.441. The first kappa shape index (κ1) is 12.9. The molecule has 4 nitrogen and oxygen atoms in total. The molecule has 5 heteroatoms. The third kappa shape index (κ3) is 2.44. The van der Waals surface area contributed by atoms with Crippen molar-refractivity contribution in [3.05, 3.63) is 65.7 Å². The highest BCUT2D eigenvalue weighted by Gasteiger charge is 2.29. The van der Waals surface area contributed by atoms with Crippen molar-refractivity contribution in [3.63, 3.8) is 0 Å². The Labute approximate surface area is 118 Å². The Morgan fingerprint density at radius 2 is 1.65 bits per heavy atom. The van der Waals surface area contributed by atoms with Crippen molar-refractivity contribution < 1.29 is 8.42 Å². The molecule has 0 bridgehead atoms. The lowest BCUT2D eigenvalue weighted by Crippen LogP contribution is -2.22. The summed E-state index contributed by atoms with van der Waals surface area (Å²) in [4.78, 5) is 4.69. The minimum Gasteiger partial charge on any atom is -0.267 e. The quantitative estimate of drug-likeness (QED) is 0.937. The van der Waals surface area contributed by atoms with Gasteiger partial charge in [0.2, 0.25) is 0 Å². The van der Waals surface area contributed by atoms with Crippen molar-refractivity contribution in [2.24, 2.45) is 4.99 Å². The van der Waals surface area contributed by atoms with E-state index in [4.69, 9.17) is 0 Å². The Kier molecular flexibility index (Phi) is 3.28. The highest BCUT2D eigenvalue weighted by molar-refractivity contribution is 7.90. The Morgan fingerprint density at radius 3 is 2.45 bits per heavy atom. The number of hydrogen-bond donors (Lipinski definition) is 1. The highest BCUT2D eigenvalue weighted by atomic mass is 32.2. The van der Waals surface area contributed by atoms with Crippen LogP contribution in [-0.2, 0) is 16.4 Å². The molecule has 2 aromatic rings. The van der Waals surface area contributed by atoms with Crippen LogP contribution in [-0.4, -0.2) is 20.8 Å². The molecule has 0 spiro atoms. The van der Waals surface area contributed by atoms with Crippen LogP contribution in [0.3, 0.4) is 0 Å². The number of nitrogens with zero attached hydrogens (tertiary/aromatic N) is 1. The van der Waals surface area contributed by atoms with Gasteiger partial charge in [0.25, 0.3) is 10.0 Å². The monoisotopic (exact) mass is 286 g/mol. The molecule has 0 fully saturated rings. The molecule has 1 aliphatic rings. The second kappa shape index (κ2) is 5.09. The number of aliphatic imine (C=N–C) groups is 1. The number of sulfonamides is 1. The van der Waals surface area contributed by atoms with Crippen molar-refractivity contribution in [2.75, 3.05) is 6.54 Å². The number of nitrogens with one attached hydrogen (secondary N) is 1. The van der Waals surface area contributed by atoms with E-state index in [1.807, 2.05) is 36.4 Å². The second-order valence-corrected chi connectivity index (χ2v) is 6.22. The van der Waals surface area contributed by atoms with Gasteiger partial charge in [0, 0.05) is 12.1 Å². The van der Waals surface area contributed by atoms with Crippen LogP contribution in [0.15, 0.2) is 64.5 Å². The lowest BCUT2D eigenvalue weighted by Gasteiger charge is -2.00. The molecule has 1 heterocycles. The van der Waals surface area contributed by atoms with E-state index < -0.39 is 10.0 Å². The Balaban J connectivity index is 1.81. The number of amidine groups is 1. The molecule has 0 aliphatic carbocycles. The average Bonchev–Trinajstić information content (AvgIpc) is 2.72. The summed E-state index contributed by atoms with van der Waals surface area (Å²) in [6, 6.07) is 16.9. The largest absolute Gasteiger partial charge is 0.267 e. The molecule has 2 aromatic carbocycles. The van der Waals surface area contributed by atoms with Crippen LogP contribution >= 0.6 is 0 Å². The van der Waals surface area contributed by atoms with E-state index in [1.54, 1.807) is 18.2 Å². The molecule has 20 heavy (non-hydrogen) atoms. The Morgan fingerprint density at radius 1 is 0.950 bits per heavy atom. The Hall–Kier alpha value is -2.14. The van der Waals surface area contributed by atoms with Gasteiger partial charge in [-0.15, -0.1) is 0 Å². The molecule has 0 saturated heterocycles. The predicted octanol–water partition coefficient (Wildman–Crippen LogP) is 1.97. The van der Waals surface area contributed by atoms with Gasteiger partial charge in [-0.05, 0) is 24.1 Å². The number of fused-ring (bicyclic) bond motifs is 1. The van der Waals surface area contributed by atoms with E-state index in [1.165, 1.54) is 5.56 Å². The molecule has 0 amide bonds. The van der Waals surface area contributed by atoms with Crippen LogP contribution in [0, 0.1) is 0 Å². The normalized spacial score (nSPS) is 17.7. The Bertz CT molecular complexity index is 752. The van der Waals surface area contributed by atoms with Gasteiger partial charge >= 0.3 is 0 Å². The van der Waals surface area contributed by atoms with E-state index in [0.29, 0.717) is 22.8 Å². The summed E-state index contributed by atoms with van der Waals surface area (Å²) in [5.41, 5.74) is 1.84. The van der Waals surface area contributed by atoms with Crippen molar-refractivity contribution in [2.45, 2.75) is 11.3 Å².